The van der Waals surface area contributed by atoms with Crippen LogP contribution in [-0.2, 0) is 13.0 Å². The molecule has 0 aliphatic carbocycles. The summed E-state index contributed by atoms with van der Waals surface area (Å²) in [4.78, 5) is 4.62. The Kier molecular flexibility index (Phi) is 4.96. The molecule has 1 aliphatic heterocycles. The van der Waals surface area contributed by atoms with Gasteiger partial charge in [0, 0.05) is 41.1 Å². The molecular formula is C26H19ClFN3O. The first-order chi connectivity index (χ1) is 15.5. The number of imidazole rings is 1. The van der Waals surface area contributed by atoms with Gasteiger partial charge in [-0.3, -0.25) is 0 Å². The number of hydrogen-bond donors (Lipinski definition) is 0. The van der Waals surface area contributed by atoms with Crippen LogP contribution in [0.5, 0.6) is 5.75 Å². The lowest BCUT2D eigenvalue weighted by Gasteiger charge is -2.13. The second-order valence-electron chi connectivity index (χ2n) is 7.90. The Labute approximate surface area is 190 Å². The highest BCUT2D eigenvalue weighted by atomic mass is 35.5. The lowest BCUT2D eigenvalue weighted by atomic mass is 9.89. The lowest BCUT2D eigenvalue weighted by Crippen LogP contribution is -2.01. The molecule has 6 heteroatoms. The summed E-state index contributed by atoms with van der Waals surface area (Å²) >= 11 is 6.32. The summed E-state index contributed by atoms with van der Waals surface area (Å²) in [7, 11) is 0. The number of allylic oxidation sites excluding steroid dienone is 1. The molecule has 4 nitrogen and oxygen atoms in total. The van der Waals surface area contributed by atoms with Crippen LogP contribution in [0.2, 0.25) is 5.02 Å². The van der Waals surface area contributed by atoms with Crippen molar-refractivity contribution in [2.75, 3.05) is 0 Å². The van der Waals surface area contributed by atoms with Crippen LogP contribution >= 0.6 is 11.6 Å². The van der Waals surface area contributed by atoms with E-state index in [-0.39, 0.29) is 5.82 Å². The SMILES string of the molecule is CC(C#N)=C1c2ccc(Cc3c(C)nc4c(Cl)cccn34)cc2COc2cc(F)ccc21. The highest BCUT2D eigenvalue weighted by Gasteiger charge is 2.22. The Morgan fingerprint density at radius 2 is 2.03 bits per heavy atom. The highest BCUT2D eigenvalue weighted by Crippen LogP contribution is 2.39. The van der Waals surface area contributed by atoms with Crippen LogP contribution in [0.1, 0.15) is 40.6 Å². The van der Waals surface area contributed by atoms with Crippen LogP contribution in [0, 0.1) is 24.1 Å². The highest BCUT2D eigenvalue weighted by molar-refractivity contribution is 6.33. The summed E-state index contributed by atoms with van der Waals surface area (Å²) in [6, 6.07) is 16.6. The Morgan fingerprint density at radius 3 is 2.84 bits per heavy atom. The monoisotopic (exact) mass is 443 g/mol. The van der Waals surface area contributed by atoms with Crippen molar-refractivity contribution in [1.82, 2.24) is 9.38 Å². The van der Waals surface area contributed by atoms with Crippen LogP contribution < -0.4 is 4.74 Å². The van der Waals surface area contributed by atoms with Crippen molar-refractivity contribution >= 4 is 22.8 Å². The Balaban J connectivity index is 1.61. The molecule has 0 spiro atoms. The Hall–Kier alpha value is -3.62. The van der Waals surface area contributed by atoms with E-state index >= 15 is 0 Å². The first-order valence-corrected chi connectivity index (χ1v) is 10.6. The zero-order valence-corrected chi connectivity index (χ0v) is 18.4. The van der Waals surface area contributed by atoms with Crippen molar-refractivity contribution in [3.8, 4) is 11.8 Å². The van der Waals surface area contributed by atoms with Crippen LogP contribution in [0.4, 0.5) is 4.39 Å². The predicted molar refractivity (Wildman–Crippen MR) is 122 cm³/mol. The number of aromatic nitrogens is 2. The summed E-state index contributed by atoms with van der Waals surface area (Å²) < 4.78 is 21.8. The molecule has 158 valence electrons. The molecule has 3 heterocycles. The van der Waals surface area contributed by atoms with Gasteiger partial charge in [0.15, 0.2) is 5.65 Å². The van der Waals surface area contributed by atoms with Crippen molar-refractivity contribution in [3.05, 3.63) is 105 Å². The molecule has 1 aliphatic rings. The fraction of sp³-hybridized carbons (Fsp3) is 0.154. The van der Waals surface area contributed by atoms with Gasteiger partial charge in [-0.1, -0.05) is 29.8 Å². The number of fused-ring (bicyclic) bond motifs is 3. The molecule has 0 N–H and O–H groups in total. The smallest absolute Gasteiger partial charge is 0.156 e. The third kappa shape index (κ3) is 3.34. The van der Waals surface area contributed by atoms with Crippen molar-refractivity contribution in [2.24, 2.45) is 0 Å². The van der Waals surface area contributed by atoms with Gasteiger partial charge < -0.3 is 9.14 Å². The fourth-order valence-corrected chi connectivity index (χ4v) is 4.51. The molecule has 0 amide bonds. The van der Waals surface area contributed by atoms with E-state index < -0.39 is 0 Å². The Bertz CT molecular complexity index is 1460. The van der Waals surface area contributed by atoms with E-state index in [1.54, 1.807) is 13.0 Å². The van der Waals surface area contributed by atoms with Crippen molar-refractivity contribution in [1.29, 1.82) is 5.26 Å². The second kappa shape index (κ2) is 7.81. The molecule has 0 fully saturated rings. The van der Waals surface area contributed by atoms with E-state index in [4.69, 9.17) is 16.3 Å². The number of benzene rings is 2. The summed E-state index contributed by atoms with van der Waals surface area (Å²) in [6.45, 7) is 4.05. The van der Waals surface area contributed by atoms with Gasteiger partial charge in [-0.05, 0) is 54.8 Å². The Morgan fingerprint density at radius 1 is 1.22 bits per heavy atom. The quantitative estimate of drug-likeness (QED) is 0.343. The van der Waals surface area contributed by atoms with Gasteiger partial charge in [0.1, 0.15) is 18.2 Å². The molecule has 0 saturated carbocycles. The number of nitrogens with zero attached hydrogens (tertiary/aromatic N) is 3. The van der Waals surface area contributed by atoms with Crippen molar-refractivity contribution in [3.63, 3.8) is 0 Å². The maximum Gasteiger partial charge on any atom is 0.156 e. The molecule has 32 heavy (non-hydrogen) atoms. The largest absolute Gasteiger partial charge is 0.488 e. The number of halogens is 2. The maximum absolute atomic E-state index is 13.9. The normalized spacial score (nSPS) is 14.2. The summed E-state index contributed by atoms with van der Waals surface area (Å²) in [6.07, 6.45) is 2.63. The second-order valence-corrected chi connectivity index (χ2v) is 8.31. The standard InChI is InChI=1S/C26H19ClFN3O/c1-15(13-29)25-20-7-5-17(10-18(20)14-32-24-12-19(28)6-8-21(24)25)11-23-16(2)30-26-22(27)4-3-9-31(23)26/h3-10,12H,11,14H2,1-2H3. The van der Waals surface area contributed by atoms with Crippen LogP contribution in [0.3, 0.4) is 0 Å². The van der Waals surface area contributed by atoms with Crippen LogP contribution in [0.15, 0.2) is 60.3 Å². The first kappa shape index (κ1) is 20.3. The van der Waals surface area contributed by atoms with Gasteiger partial charge in [-0.15, -0.1) is 0 Å². The molecule has 2 aromatic heterocycles. The minimum atomic E-state index is -0.369. The van der Waals surface area contributed by atoms with E-state index in [0.717, 1.165) is 44.9 Å². The first-order valence-electron chi connectivity index (χ1n) is 10.2. The number of hydrogen-bond acceptors (Lipinski definition) is 3. The minimum Gasteiger partial charge on any atom is -0.488 e. The zero-order valence-electron chi connectivity index (χ0n) is 17.6. The third-order valence-electron chi connectivity index (χ3n) is 5.85. The number of nitriles is 1. The van der Waals surface area contributed by atoms with Crippen molar-refractivity contribution in [2.45, 2.75) is 26.9 Å². The minimum absolute atomic E-state index is 0.291. The van der Waals surface area contributed by atoms with Gasteiger partial charge in [-0.2, -0.15) is 5.26 Å². The van der Waals surface area contributed by atoms with Crippen molar-refractivity contribution < 1.29 is 9.13 Å². The maximum atomic E-state index is 13.9. The van der Waals surface area contributed by atoms with E-state index in [1.807, 2.05) is 35.7 Å². The molecule has 4 aromatic rings. The molecule has 0 bridgehead atoms. The fourth-order valence-electron chi connectivity index (χ4n) is 4.31. The molecule has 5 rings (SSSR count). The zero-order chi connectivity index (χ0) is 22.4. The number of rotatable bonds is 2. The van der Waals surface area contributed by atoms with Gasteiger partial charge in [0.05, 0.1) is 16.8 Å². The van der Waals surface area contributed by atoms with Gasteiger partial charge >= 0.3 is 0 Å². The van der Waals surface area contributed by atoms with Gasteiger partial charge in [0.25, 0.3) is 0 Å². The van der Waals surface area contributed by atoms with Gasteiger partial charge in [0.2, 0.25) is 0 Å². The summed E-state index contributed by atoms with van der Waals surface area (Å²) in [5.41, 5.74) is 7.76. The molecule has 0 unspecified atom stereocenters. The number of pyridine rings is 1. The molecule has 2 aromatic carbocycles. The molecular weight excluding hydrogens is 425 g/mol. The van der Waals surface area contributed by atoms with E-state index in [2.05, 4.69) is 23.2 Å². The summed E-state index contributed by atoms with van der Waals surface area (Å²) in [5.74, 6) is 0.0747. The van der Waals surface area contributed by atoms with E-state index in [1.165, 1.54) is 12.1 Å². The predicted octanol–water partition coefficient (Wildman–Crippen LogP) is 6.26. The topological polar surface area (TPSA) is 50.3 Å². The van der Waals surface area contributed by atoms with E-state index in [0.29, 0.717) is 29.4 Å². The third-order valence-corrected chi connectivity index (χ3v) is 6.15. The van der Waals surface area contributed by atoms with Gasteiger partial charge in [-0.25, -0.2) is 9.37 Å². The number of ether oxygens (including phenoxy) is 1. The summed E-state index contributed by atoms with van der Waals surface area (Å²) in [5, 5.41) is 10.2. The molecule has 0 radical (unpaired) electrons. The van der Waals surface area contributed by atoms with Crippen LogP contribution in [0.25, 0.3) is 11.2 Å². The average Bonchev–Trinajstić information content (AvgIpc) is 3.01. The lowest BCUT2D eigenvalue weighted by molar-refractivity contribution is 0.305. The molecule has 0 saturated heterocycles. The number of aryl methyl sites for hydroxylation is 1. The van der Waals surface area contributed by atoms with Crippen LogP contribution in [-0.4, -0.2) is 9.38 Å². The van der Waals surface area contributed by atoms with E-state index in [9.17, 15) is 9.65 Å². The average molecular weight is 444 g/mol. The molecule has 0 atom stereocenters.